The van der Waals surface area contributed by atoms with Gasteiger partial charge in [0.25, 0.3) is 0 Å². The Kier molecular flexibility index (Phi) is 3.99. The molecule has 0 aliphatic heterocycles. The SMILES string of the molecule is Cn1ncc(Br)c1C(=O)C1CCCCCC1N. The Labute approximate surface area is 110 Å². The molecule has 0 spiro atoms. The Morgan fingerprint density at radius 1 is 1.47 bits per heavy atom. The lowest BCUT2D eigenvalue weighted by molar-refractivity contribution is 0.0884. The van der Waals surface area contributed by atoms with Gasteiger partial charge in [-0.15, -0.1) is 0 Å². The van der Waals surface area contributed by atoms with Gasteiger partial charge in [-0.05, 0) is 28.8 Å². The molecule has 0 amide bonds. The number of carbonyl (C=O) groups is 1. The maximum absolute atomic E-state index is 12.5. The van der Waals surface area contributed by atoms with Gasteiger partial charge in [0, 0.05) is 19.0 Å². The molecule has 1 heterocycles. The Balaban J connectivity index is 2.24. The highest BCUT2D eigenvalue weighted by Gasteiger charge is 2.30. The van der Waals surface area contributed by atoms with Gasteiger partial charge in [0.2, 0.25) is 0 Å². The van der Waals surface area contributed by atoms with E-state index in [0.717, 1.165) is 30.2 Å². The van der Waals surface area contributed by atoms with Crippen molar-refractivity contribution in [2.24, 2.45) is 18.7 Å². The van der Waals surface area contributed by atoms with Gasteiger partial charge in [-0.2, -0.15) is 5.10 Å². The van der Waals surface area contributed by atoms with Crippen molar-refractivity contribution < 1.29 is 4.79 Å². The van der Waals surface area contributed by atoms with Gasteiger partial charge >= 0.3 is 0 Å². The predicted octanol–water partition coefficient (Wildman–Crippen LogP) is 2.27. The molecule has 0 saturated heterocycles. The van der Waals surface area contributed by atoms with E-state index in [4.69, 9.17) is 5.73 Å². The number of halogens is 1. The highest BCUT2D eigenvalue weighted by Crippen LogP contribution is 2.27. The fourth-order valence-electron chi connectivity index (χ4n) is 2.53. The van der Waals surface area contributed by atoms with Crippen LogP contribution in [0.4, 0.5) is 0 Å². The third-order valence-corrected chi connectivity index (χ3v) is 4.11. The van der Waals surface area contributed by atoms with Crippen LogP contribution in [-0.4, -0.2) is 21.6 Å². The fraction of sp³-hybridized carbons (Fsp3) is 0.667. The number of nitrogens with zero attached hydrogens (tertiary/aromatic N) is 2. The standard InChI is InChI=1S/C12H18BrN3O/c1-16-11(9(13)7-15-16)12(17)8-5-3-2-4-6-10(8)14/h7-8,10H,2-6,14H2,1H3. The van der Waals surface area contributed by atoms with Crippen molar-refractivity contribution in [3.63, 3.8) is 0 Å². The predicted molar refractivity (Wildman–Crippen MR) is 69.8 cm³/mol. The van der Waals surface area contributed by atoms with Crippen LogP contribution in [0.1, 0.15) is 42.6 Å². The van der Waals surface area contributed by atoms with Crippen LogP contribution < -0.4 is 5.73 Å². The second kappa shape index (κ2) is 5.31. The van der Waals surface area contributed by atoms with Gasteiger partial charge < -0.3 is 5.73 Å². The van der Waals surface area contributed by atoms with E-state index in [0.29, 0.717) is 5.69 Å². The summed E-state index contributed by atoms with van der Waals surface area (Å²) in [6.07, 6.45) is 6.93. The molecule has 2 rings (SSSR count). The molecule has 94 valence electrons. The number of Topliss-reactive ketones (excluding diaryl/α,β-unsaturated/α-hetero) is 1. The molecule has 1 aliphatic rings. The van der Waals surface area contributed by atoms with Crippen LogP contribution in [-0.2, 0) is 7.05 Å². The van der Waals surface area contributed by atoms with Crippen molar-refractivity contribution in [1.29, 1.82) is 0 Å². The molecule has 0 aromatic carbocycles. The van der Waals surface area contributed by atoms with E-state index in [9.17, 15) is 4.79 Å². The topological polar surface area (TPSA) is 60.9 Å². The zero-order valence-electron chi connectivity index (χ0n) is 10.0. The molecule has 0 bridgehead atoms. The number of hydrogen-bond acceptors (Lipinski definition) is 3. The second-order valence-corrected chi connectivity index (χ2v) is 5.59. The van der Waals surface area contributed by atoms with Crippen LogP contribution in [0, 0.1) is 5.92 Å². The summed E-state index contributed by atoms with van der Waals surface area (Å²) in [6, 6.07) is -0.00759. The van der Waals surface area contributed by atoms with Crippen molar-refractivity contribution in [2.75, 3.05) is 0 Å². The molecule has 1 fully saturated rings. The molecule has 4 nitrogen and oxygen atoms in total. The van der Waals surface area contributed by atoms with E-state index in [1.54, 1.807) is 17.9 Å². The molecular weight excluding hydrogens is 282 g/mol. The van der Waals surface area contributed by atoms with Crippen molar-refractivity contribution in [1.82, 2.24) is 9.78 Å². The lowest BCUT2D eigenvalue weighted by Crippen LogP contribution is -2.35. The number of rotatable bonds is 2. The molecule has 1 aromatic heterocycles. The molecule has 1 saturated carbocycles. The summed E-state index contributed by atoms with van der Waals surface area (Å²) in [6.45, 7) is 0. The van der Waals surface area contributed by atoms with Gasteiger partial charge in [-0.3, -0.25) is 9.48 Å². The summed E-state index contributed by atoms with van der Waals surface area (Å²) in [5.41, 5.74) is 6.77. The van der Waals surface area contributed by atoms with E-state index in [-0.39, 0.29) is 17.7 Å². The van der Waals surface area contributed by atoms with Gasteiger partial charge in [-0.1, -0.05) is 19.3 Å². The summed E-state index contributed by atoms with van der Waals surface area (Å²) in [7, 11) is 1.79. The molecule has 0 radical (unpaired) electrons. The monoisotopic (exact) mass is 299 g/mol. The molecule has 17 heavy (non-hydrogen) atoms. The van der Waals surface area contributed by atoms with Crippen LogP contribution in [0.5, 0.6) is 0 Å². The number of aryl methyl sites for hydroxylation is 1. The second-order valence-electron chi connectivity index (χ2n) is 4.74. The van der Waals surface area contributed by atoms with Gasteiger partial charge in [0.05, 0.1) is 10.7 Å². The molecule has 5 heteroatoms. The van der Waals surface area contributed by atoms with Crippen LogP contribution in [0.3, 0.4) is 0 Å². The average molecular weight is 300 g/mol. The minimum atomic E-state index is -0.0517. The number of carbonyl (C=O) groups excluding carboxylic acids is 1. The minimum Gasteiger partial charge on any atom is -0.327 e. The largest absolute Gasteiger partial charge is 0.327 e. The maximum Gasteiger partial charge on any atom is 0.186 e. The quantitative estimate of drug-likeness (QED) is 0.673. The first-order chi connectivity index (χ1) is 8.11. The summed E-state index contributed by atoms with van der Waals surface area (Å²) in [4.78, 5) is 12.5. The first-order valence-electron chi connectivity index (χ1n) is 6.08. The highest BCUT2D eigenvalue weighted by molar-refractivity contribution is 9.10. The number of ketones is 1. The summed E-state index contributed by atoms with van der Waals surface area (Å²) in [5.74, 6) is 0.0791. The Morgan fingerprint density at radius 2 is 2.18 bits per heavy atom. The van der Waals surface area contributed by atoms with Crippen molar-refractivity contribution >= 4 is 21.7 Å². The number of nitrogens with two attached hydrogens (primary N) is 1. The molecule has 2 N–H and O–H groups in total. The van der Waals surface area contributed by atoms with Crippen LogP contribution in [0.15, 0.2) is 10.7 Å². The zero-order valence-corrected chi connectivity index (χ0v) is 11.6. The molecule has 2 atom stereocenters. The maximum atomic E-state index is 12.5. The first kappa shape index (κ1) is 12.8. The van der Waals surface area contributed by atoms with Crippen molar-refractivity contribution in [2.45, 2.75) is 38.1 Å². The van der Waals surface area contributed by atoms with Crippen LogP contribution in [0.2, 0.25) is 0 Å². The average Bonchev–Trinajstić information content (AvgIpc) is 2.51. The lowest BCUT2D eigenvalue weighted by Gasteiger charge is -2.20. The highest BCUT2D eigenvalue weighted by atomic mass is 79.9. The van der Waals surface area contributed by atoms with Crippen molar-refractivity contribution in [3.8, 4) is 0 Å². The zero-order chi connectivity index (χ0) is 12.4. The summed E-state index contributed by atoms with van der Waals surface area (Å²) < 4.78 is 2.39. The molecule has 2 unspecified atom stereocenters. The normalized spacial score (nSPS) is 25.6. The number of hydrogen-bond donors (Lipinski definition) is 1. The number of aromatic nitrogens is 2. The minimum absolute atomic E-state index is 0.00759. The van der Waals surface area contributed by atoms with E-state index in [1.807, 2.05) is 0 Å². The molecule has 1 aliphatic carbocycles. The van der Waals surface area contributed by atoms with E-state index in [2.05, 4.69) is 21.0 Å². The van der Waals surface area contributed by atoms with Gasteiger partial charge in [0.15, 0.2) is 5.78 Å². The third-order valence-electron chi connectivity index (χ3n) is 3.53. The van der Waals surface area contributed by atoms with Crippen molar-refractivity contribution in [3.05, 3.63) is 16.4 Å². The Hall–Kier alpha value is -0.680. The van der Waals surface area contributed by atoms with Gasteiger partial charge in [0.1, 0.15) is 5.69 Å². The first-order valence-corrected chi connectivity index (χ1v) is 6.88. The Bertz CT molecular complexity index is 396. The molecule has 1 aromatic rings. The third kappa shape index (κ3) is 2.60. The van der Waals surface area contributed by atoms with Crippen LogP contribution >= 0.6 is 15.9 Å². The van der Waals surface area contributed by atoms with Gasteiger partial charge in [-0.25, -0.2) is 0 Å². The van der Waals surface area contributed by atoms with E-state index < -0.39 is 0 Å². The summed E-state index contributed by atoms with van der Waals surface area (Å²) in [5, 5.41) is 4.09. The molecular formula is C12H18BrN3O. The Morgan fingerprint density at radius 3 is 2.82 bits per heavy atom. The smallest absolute Gasteiger partial charge is 0.186 e. The fourth-order valence-corrected chi connectivity index (χ4v) is 3.07. The lowest BCUT2D eigenvalue weighted by atomic mass is 9.89. The summed E-state index contributed by atoms with van der Waals surface area (Å²) >= 11 is 3.38. The van der Waals surface area contributed by atoms with E-state index >= 15 is 0 Å². The van der Waals surface area contributed by atoms with E-state index in [1.165, 1.54) is 6.42 Å². The van der Waals surface area contributed by atoms with Crippen LogP contribution in [0.25, 0.3) is 0 Å².